The Labute approximate surface area is 128 Å². The van der Waals surface area contributed by atoms with Gasteiger partial charge in [0.2, 0.25) is 5.78 Å². The lowest BCUT2D eigenvalue weighted by Gasteiger charge is -2.35. The fourth-order valence-electron chi connectivity index (χ4n) is 2.53. The van der Waals surface area contributed by atoms with Crippen LogP contribution in [0.4, 0.5) is 5.69 Å². The number of halogens is 1. The molecule has 0 saturated carbocycles. The molecule has 1 saturated heterocycles. The van der Waals surface area contributed by atoms with Gasteiger partial charge in [-0.2, -0.15) is 0 Å². The Balaban J connectivity index is 1.53. The summed E-state index contributed by atoms with van der Waals surface area (Å²) in [6, 6.07) is 11.3. The molecule has 0 aliphatic carbocycles. The predicted molar refractivity (Wildman–Crippen MR) is 83.1 cm³/mol. The number of ketones is 1. The van der Waals surface area contributed by atoms with Gasteiger partial charge in [0.15, 0.2) is 5.76 Å². The van der Waals surface area contributed by atoms with Gasteiger partial charge in [-0.3, -0.25) is 9.69 Å². The third-order valence-electron chi connectivity index (χ3n) is 3.73. The maximum atomic E-state index is 12.0. The van der Waals surface area contributed by atoms with Gasteiger partial charge in [-0.1, -0.05) is 11.6 Å². The number of nitrogens with zero attached hydrogens (tertiary/aromatic N) is 2. The van der Waals surface area contributed by atoms with Gasteiger partial charge in [0.05, 0.1) is 12.8 Å². The van der Waals surface area contributed by atoms with Crippen LogP contribution in [0.1, 0.15) is 10.6 Å². The Morgan fingerprint density at radius 1 is 1.10 bits per heavy atom. The number of hydrogen-bond donors (Lipinski definition) is 0. The molecule has 21 heavy (non-hydrogen) atoms. The van der Waals surface area contributed by atoms with Gasteiger partial charge >= 0.3 is 0 Å². The SMILES string of the molecule is O=C(CN1CCN(c2ccc(Cl)cc2)CC1)c1ccco1. The molecule has 1 aromatic carbocycles. The minimum absolute atomic E-state index is 0.0416. The van der Waals surface area contributed by atoms with Crippen LogP contribution in [0.15, 0.2) is 47.1 Å². The van der Waals surface area contributed by atoms with E-state index in [-0.39, 0.29) is 5.78 Å². The van der Waals surface area contributed by atoms with E-state index in [0.29, 0.717) is 12.3 Å². The highest BCUT2D eigenvalue weighted by Crippen LogP contribution is 2.19. The smallest absolute Gasteiger partial charge is 0.211 e. The summed E-state index contributed by atoms with van der Waals surface area (Å²) in [5.41, 5.74) is 1.18. The summed E-state index contributed by atoms with van der Waals surface area (Å²) in [4.78, 5) is 16.5. The second kappa shape index (κ2) is 6.33. The van der Waals surface area contributed by atoms with Crippen LogP contribution in [0, 0.1) is 0 Å². The number of rotatable bonds is 4. The molecule has 110 valence electrons. The van der Waals surface area contributed by atoms with Crippen LogP contribution >= 0.6 is 11.6 Å². The first kappa shape index (κ1) is 14.2. The van der Waals surface area contributed by atoms with E-state index in [1.807, 2.05) is 24.3 Å². The van der Waals surface area contributed by atoms with Gasteiger partial charge in [-0.05, 0) is 36.4 Å². The van der Waals surface area contributed by atoms with E-state index in [0.717, 1.165) is 31.2 Å². The average Bonchev–Trinajstić information content (AvgIpc) is 3.03. The number of hydrogen-bond acceptors (Lipinski definition) is 4. The zero-order chi connectivity index (χ0) is 14.7. The summed E-state index contributed by atoms with van der Waals surface area (Å²) >= 11 is 5.91. The van der Waals surface area contributed by atoms with Gasteiger partial charge in [0, 0.05) is 36.9 Å². The Morgan fingerprint density at radius 2 is 1.81 bits per heavy atom. The van der Waals surface area contributed by atoms with E-state index in [1.54, 1.807) is 12.1 Å². The van der Waals surface area contributed by atoms with Crippen LogP contribution in [-0.2, 0) is 0 Å². The summed E-state index contributed by atoms with van der Waals surface area (Å²) in [5.74, 6) is 0.482. The molecule has 0 amide bonds. The second-order valence-electron chi connectivity index (χ2n) is 5.14. The Hall–Kier alpha value is -1.78. The first-order valence-corrected chi connectivity index (χ1v) is 7.40. The minimum Gasteiger partial charge on any atom is -0.461 e. The molecule has 2 heterocycles. The van der Waals surface area contributed by atoms with Crippen LogP contribution in [0.3, 0.4) is 0 Å². The highest BCUT2D eigenvalue weighted by atomic mass is 35.5. The number of anilines is 1. The van der Waals surface area contributed by atoms with Crippen molar-refractivity contribution in [2.75, 3.05) is 37.6 Å². The summed E-state index contributed by atoms with van der Waals surface area (Å²) in [5, 5.41) is 0.751. The lowest BCUT2D eigenvalue weighted by molar-refractivity contribution is 0.0899. The van der Waals surface area contributed by atoms with E-state index < -0.39 is 0 Å². The van der Waals surface area contributed by atoms with Gasteiger partial charge in [0.1, 0.15) is 0 Å². The molecule has 1 fully saturated rings. The van der Waals surface area contributed by atoms with Gasteiger partial charge in [-0.25, -0.2) is 0 Å². The fourth-order valence-corrected chi connectivity index (χ4v) is 2.66. The third kappa shape index (κ3) is 3.46. The minimum atomic E-state index is 0.0416. The van der Waals surface area contributed by atoms with Crippen LogP contribution in [0.2, 0.25) is 5.02 Å². The lowest BCUT2D eigenvalue weighted by atomic mass is 10.2. The maximum absolute atomic E-state index is 12.0. The first-order chi connectivity index (χ1) is 10.2. The largest absolute Gasteiger partial charge is 0.461 e. The summed E-state index contributed by atoms with van der Waals surface area (Å²) in [6.45, 7) is 3.98. The summed E-state index contributed by atoms with van der Waals surface area (Å²) in [6.07, 6.45) is 1.53. The number of carbonyl (C=O) groups excluding carboxylic acids is 1. The highest BCUT2D eigenvalue weighted by molar-refractivity contribution is 6.30. The number of Topliss-reactive ketones (excluding diaryl/α,β-unsaturated/α-hetero) is 1. The monoisotopic (exact) mass is 304 g/mol. The first-order valence-electron chi connectivity index (χ1n) is 7.02. The average molecular weight is 305 g/mol. The van der Waals surface area contributed by atoms with Crippen LogP contribution in [0.5, 0.6) is 0 Å². The van der Waals surface area contributed by atoms with Crippen molar-refractivity contribution >= 4 is 23.1 Å². The molecule has 1 aliphatic heterocycles. The topological polar surface area (TPSA) is 36.7 Å². The zero-order valence-electron chi connectivity index (χ0n) is 11.7. The van der Waals surface area contributed by atoms with Crippen molar-refractivity contribution in [1.29, 1.82) is 0 Å². The quantitative estimate of drug-likeness (QED) is 0.814. The molecular weight excluding hydrogens is 288 g/mol. The van der Waals surface area contributed by atoms with Crippen molar-refractivity contribution in [3.05, 3.63) is 53.4 Å². The summed E-state index contributed by atoms with van der Waals surface area (Å²) < 4.78 is 5.14. The number of carbonyl (C=O) groups is 1. The molecule has 0 atom stereocenters. The predicted octanol–water partition coefficient (Wildman–Crippen LogP) is 2.94. The summed E-state index contributed by atoms with van der Waals surface area (Å²) in [7, 11) is 0. The van der Waals surface area contributed by atoms with E-state index in [2.05, 4.69) is 9.80 Å². The van der Waals surface area contributed by atoms with Crippen molar-refractivity contribution in [2.45, 2.75) is 0 Å². The Bertz CT molecular complexity index is 587. The number of piperazine rings is 1. The van der Waals surface area contributed by atoms with Gasteiger partial charge < -0.3 is 9.32 Å². The molecule has 1 aliphatic rings. The molecule has 0 unspecified atom stereocenters. The van der Waals surface area contributed by atoms with Crippen molar-refractivity contribution in [3.63, 3.8) is 0 Å². The molecule has 3 rings (SSSR count). The molecule has 2 aromatic rings. The van der Waals surface area contributed by atoms with Crippen LogP contribution in [-0.4, -0.2) is 43.4 Å². The Morgan fingerprint density at radius 3 is 2.43 bits per heavy atom. The van der Waals surface area contributed by atoms with E-state index in [4.69, 9.17) is 16.0 Å². The second-order valence-corrected chi connectivity index (χ2v) is 5.58. The standard InChI is InChI=1S/C16H17ClN2O2/c17-13-3-5-14(6-4-13)19-9-7-18(8-10-19)12-15(20)16-2-1-11-21-16/h1-6,11H,7-10,12H2. The third-order valence-corrected chi connectivity index (χ3v) is 3.98. The van der Waals surface area contributed by atoms with E-state index in [1.165, 1.54) is 12.0 Å². The van der Waals surface area contributed by atoms with Crippen molar-refractivity contribution in [3.8, 4) is 0 Å². The van der Waals surface area contributed by atoms with E-state index in [9.17, 15) is 4.79 Å². The van der Waals surface area contributed by atoms with E-state index >= 15 is 0 Å². The molecule has 5 heteroatoms. The number of benzene rings is 1. The van der Waals surface area contributed by atoms with Crippen molar-refractivity contribution in [2.24, 2.45) is 0 Å². The molecule has 0 bridgehead atoms. The van der Waals surface area contributed by atoms with Crippen molar-refractivity contribution < 1.29 is 9.21 Å². The molecule has 1 aromatic heterocycles. The highest BCUT2D eigenvalue weighted by Gasteiger charge is 2.20. The van der Waals surface area contributed by atoms with Crippen LogP contribution < -0.4 is 4.90 Å². The normalized spacial score (nSPS) is 16.1. The zero-order valence-corrected chi connectivity index (χ0v) is 12.4. The van der Waals surface area contributed by atoms with Crippen molar-refractivity contribution in [1.82, 2.24) is 4.90 Å². The van der Waals surface area contributed by atoms with Gasteiger partial charge in [0.25, 0.3) is 0 Å². The molecular formula is C16H17ClN2O2. The number of furan rings is 1. The van der Waals surface area contributed by atoms with Crippen LogP contribution in [0.25, 0.3) is 0 Å². The molecule has 0 N–H and O–H groups in total. The Kier molecular flexibility index (Phi) is 4.27. The molecule has 4 nitrogen and oxygen atoms in total. The fraction of sp³-hybridized carbons (Fsp3) is 0.312. The molecule has 0 radical (unpaired) electrons. The van der Waals surface area contributed by atoms with Gasteiger partial charge in [-0.15, -0.1) is 0 Å². The lowest BCUT2D eigenvalue weighted by Crippen LogP contribution is -2.47. The molecule has 0 spiro atoms. The maximum Gasteiger partial charge on any atom is 0.211 e.